The van der Waals surface area contributed by atoms with Crippen LogP contribution in [-0.4, -0.2) is 26.2 Å². The van der Waals surface area contributed by atoms with Crippen LogP contribution < -0.4 is 0 Å². The molecule has 4 nitrogen and oxygen atoms in total. The fourth-order valence-corrected chi connectivity index (χ4v) is 2.19. The van der Waals surface area contributed by atoms with E-state index in [1.54, 1.807) is 6.08 Å². The first-order valence-electron chi connectivity index (χ1n) is 7.20. The van der Waals surface area contributed by atoms with Crippen LogP contribution in [-0.2, 0) is 19.1 Å². The Kier molecular flexibility index (Phi) is 12.0. The maximum absolute atomic E-state index is 11.5. The molecule has 0 spiro atoms. The Labute approximate surface area is 135 Å². The summed E-state index contributed by atoms with van der Waals surface area (Å²) in [6.45, 7) is 3.67. The van der Waals surface area contributed by atoms with E-state index in [4.69, 9.17) is 0 Å². The van der Waals surface area contributed by atoms with Crippen LogP contribution in [0.2, 0.25) is 0 Å². The number of halogens is 1. The lowest BCUT2D eigenvalue weighted by atomic mass is 10.0. The van der Waals surface area contributed by atoms with Crippen molar-refractivity contribution in [1.82, 2.24) is 0 Å². The van der Waals surface area contributed by atoms with Crippen LogP contribution in [0.5, 0.6) is 0 Å². The summed E-state index contributed by atoms with van der Waals surface area (Å²) >= 11 is 3.38. The minimum atomic E-state index is -0.786. The van der Waals surface area contributed by atoms with E-state index in [2.05, 4.69) is 38.1 Å². The Morgan fingerprint density at radius 3 is 2.10 bits per heavy atom. The minimum absolute atomic E-state index is 0.487. The van der Waals surface area contributed by atoms with Crippen molar-refractivity contribution in [2.75, 3.05) is 14.2 Å². The number of rotatable bonds is 11. The first-order chi connectivity index (χ1) is 10.1. The highest BCUT2D eigenvalue weighted by atomic mass is 79.9. The van der Waals surface area contributed by atoms with Crippen molar-refractivity contribution in [3.05, 3.63) is 23.2 Å². The number of unbranched alkanes of at least 4 members (excludes halogenated alkanes) is 5. The number of esters is 2. The van der Waals surface area contributed by atoms with E-state index in [9.17, 15) is 9.59 Å². The molecule has 0 aromatic heterocycles. The maximum Gasteiger partial charge on any atom is 0.320 e. The fourth-order valence-electron chi connectivity index (χ4n) is 1.96. The molecule has 0 amide bonds. The summed E-state index contributed by atoms with van der Waals surface area (Å²) in [7, 11) is 2.57. The van der Waals surface area contributed by atoms with Crippen molar-refractivity contribution in [3.8, 4) is 0 Å². The molecule has 0 aliphatic heterocycles. The molecule has 0 saturated heterocycles. The highest BCUT2D eigenvalue weighted by molar-refractivity contribution is 9.11. The van der Waals surface area contributed by atoms with Crippen molar-refractivity contribution < 1.29 is 19.1 Å². The molecule has 0 aromatic rings. The third kappa shape index (κ3) is 9.45. The Balaban J connectivity index is 3.79. The Morgan fingerprint density at radius 1 is 1.05 bits per heavy atom. The predicted octanol–water partition coefficient (Wildman–Crippen LogP) is 4.14. The zero-order valence-electron chi connectivity index (χ0n) is 12.9. The molecule has 0 atom stereocenters. The molecule has 0 aliphatic carbocycles. The van der Waals surface area contributed by atoms with Gasteiger partial charge in [-0.2, -0.15) is 0 Å². The molecule has 0 rings (SSSR count). The molecule has 0 aliphatic rings. The molecular formula is C16H25BrO4. The van der Waals surface area contributed by atoms with Gasteiger partial charge in [0.15, 0.2) is 5.92 Å². The van der Waals surface area contributed by atoms with Gasteiger partial charge in [-0.05, 0) is 19.3 Å². The zero-order chi connectivity index (χ0) is 16.1. The van der Waals surface area contributed by atoms with Crippen LogP contribution in [0.15, 0.2) is 23.2 Å². The molecular weight excluding hydrogens is 336 g/mol. The Morgan fingerprint density at radius 2 is 1.57 bits per heavy atom. The van der Waals surface area contributed by atoms with Crippen LogP contribution in [0.25, 0.3) is 0 Å². The predicted molar refractivity (Wildman–Crippen MR) is 87.0 cm³/mol. The van der Waals surface area contributed by atoms with E-state index in [0.717, 1.165) is 43.0 Å². The number of methoxy groups -OCH3 is 2. The number of hydrogen-bond donors (Lipinski definition) is 0. The van der Waals surface area contributed by atoms with E-state index in [1.807, 2.05) is 0 Å². The molecule has 0 aromatic carbocycles. The van der Waals surface area contributed by atoms with Crippen molar-refractivity contribution >= 4 is 27.9 Å². The van der Waals surface area contributed by atoms with Crippen molar-refractivity contribution in [2.24, 2.45) is 5.92 Å². The quantitative estimate of drug-likeness (QED) is 0.240. The molecule has 0 bridgehead atoms. The van der Waals surface area contributed by atoms with Gasteiger partial charge in [-0.25, -0.2) is 0 Å². The first kappa shape index (κ1) is 19.9. The first-order valence-corrected chi connectivity index (χ1v) is 7.99. The third-order valence-corrected chi connectivity index (χ3v) is 3.85. The van der Waals surface area contributed by atoms with Gasteiger partial charge in [0.25, 0.3) is 0 Å². The number of carbonyl (C=O) groups excluding carboxylic acids is 2. The fraction of sp³-hybridized carbons (Fsp3) is 0.625. The van der Waals surface area contributed by atoms with Gasteiger partial charge in [-0.3, -0.25) is 9.59 Å². The maximum atomic E-state index is 11.5. The molecule has 0 heterocycles. The molecule has 21 heavy (non-hydrogen) atoms. The zero-order valence-corrected chi connectivity index (χ0v) is 14.5. The van der Waals surface area contributed by atoms with Gasteiger partial charge >= 0.3 is 11.9 Å². The van der Waals surface area contributed by atoms with Crippen LogP contribution >= 0.6 is 15.9 Å². The van der Waals surface area contributed by atoms with Gasteiger partial charge in [0.1, 0.15) is 0 Å². The second kappa shape index (κ2) is 12.6. The summed E-state index contributed by atoms with van der Waals surface area (Å²) < 4.78 is 10.3. The number of ether oxygens (including phenoxy) is 2. The third-order valence-electron chi connectivity index (χ3n) is 3.20. The van der Waals surface area contributed by atoms with Gasteiger partial charge in [0, 0.05) is 4.48 Å². The summed E-state index contributed by atoms with van der Waals surface area (Å²) in [5.74, 6) is -1.81. The summed E-state index contributed by atoms with van der Waals surface area (Å²) in [6.07, 6.45) is 10.6. The van der Waals surface area contributed by atoms with E-state index in [-0.39, 0.29) is 0 Å². The minimum Gasteiger partial charge on any atom is -0.468 e. The number of carbonyl (C=O) groups is 2. The van der Waals surface area contributed by atoms with E-state index < -0.39 is 17.9 Å². The van der Waals surface area contributed by atoms with Crippen LogP contribution in [0.1, 0.15) is 44.9 Å². The van der Waals surface area contributed by atoms with Crippen molar-refractivity contribution in [3.63, 3.8) is 0 Å². The monoisotopic (exact) mass is 360 g/mol. The van der Waals surface area contributed by atoms with Crippen LogP contribution in [0, 0.1) is 5.92 Å². The van der Waals surface area contributed by atoms with E-state index in [1.165, 1.54) is 14.2 Å². The van der Waals surface area contributed by atoms with Gasteiger partial charge in [0.2, 0.25) is 0 Å². The SMILES string of the molecule is C=C/C(Br)=C/CCCCCCCC(C(=O)OC)C(=O)OC. The normalized spacial score (nSPS) is 11.3. The van der Waals surface area contributed by atoms with E-state index >= 15 is 0 Å². The number of hydrogen-bond acceptors (Lipinski definition) is 4. The molecule has 5 heteroatoms. The summed E-state index contributed by atoms with van der Waals surface area (Å²) in [6, 6.07) is 0. The van der Waals surface area contributed by atoms with E-state index in [0.29, 0.717) is 6.42 Å². The molecule has 0 fully saturated rings. The second-order valence-corrected chi connectivity index (χ2v) is 5.65. The smallest absolute Gasteiger partial charge is 0.320 e. The average Bonchev–Trinajstić information content (AvgIpc) is 2.51. The summed E-state index contributed by atoms with van der Waals surface area (Å²) in [4.78, 5) is 22.9. The standard InChI is InChI=1S/C16H25BrO4/c1-4-13(17)11-9-7-5-6-8-10-12-14(15(18)20-2)16(19)21-3/h4,11,14H,1,5-10,12H2,2-3H3/b13-11-. The van der Waals surface area contributed by atoms with Crippen molar-refractivity contribution in [2.45, 2.75) is 44.9 Å². The molecule has 0 N–H and O–H groups in total. The highest BCUT2D eigenvalue weighted by Gasteiger charge is 2.27. The lowest BCUT2D eigenvalue weighted by molar-refractivity contribution is -0.159. The number of allylic oxidation sites excluding steroid dienone is 3. The van der Waals surface area contributed by atoms with Gasteiger partial charge in [0.05, 0.1) is 14.2 Å². The van der Waals surface area contributed by atoms with Crippen molar-refractivity contribution in [1.29, 1.82) is 0 Å². The molecule has 0 radical (unpaired) electrons. The highest BCUT2D eigenvalue weighted by Crippen LogP contribution is 2.16. The second-order valence-electron chi connectivity index (χ2n) is 4.74. The Hall–Kier alpha value is -1.10. The summed E-state index contributed by atoms with van der Waals surface area (Å²) in [5, 5.41) is 0. The average molecular weight is 361 g/mol. The molecule has 0 saturated carbocycles. The Bertz CT molecular complexity index is 347. The van der Waals surface area contributed by atoms with Crippen LogP contribution in [0.3, 0.4) is 0 Å². The van der Waals surface area contributed by atoms with Crippen LogP contribution in [0.4, 0.5) is 0 Å². The lowest BCUT2D eigenvalue weighted by Gasteiger charge is -2.11. The molecule has 120 valence electrons. The van der Waals surface area contributed by atoms with Gasteiger partial charge in [-0.1, -0.05) is 60.3 Å². The lowest BCUT2D eigenvalue weighted by Crippen LogP contribution is -2.26. The topological polar surface area (TPSA) is 52.6 Å². The summed E-state index contributed by atoms with van der Waals surface area (Å²) in [5.41, 5.74) is 0. The van der Waals surface area contributed by atoms with Gasteiger partial charge < -0.3 is 9.47 Å². The molecule has 0 unspecified atom stereocenters. The van der Waals surface area contributed by atoms with Gasteiger partial charge in [-0.15, -0.1) is 0 Å². The largest absolute Gasteiger partial charge is 0.468 e.